The number of fused-ring (bicyclic) bond motifs is 11. The van der Waals surface area contributed by atoms with Crippen LogP contribution >= 0.6 is 0 Å². The van der Waals surface area contributed by atoms with Gasteiger partial charge in [0.1, 0.15) is 11.2 Å². The summed E-state index contributed by atoms with van der Waals surface area (Å²) >= 11 is 0. The van der Waals surface area contributed by atoms with Crippen molar-refractivity contribution in [3.05, 3.63) is 200 Å². The number of hydrogen-bond acceptors (Lipinski definition) is 2. The molecular weight excluding hydrogens is 655 g/mol. The minimum absolute atomic E-state index is 0.912. The second kappa shape index (κ2) is 12.2. The Morgan fingerprint density at radius 1 is 0.296 bits per heavy atom. The summed E-state index contributed by atoms with van der Waals surface area (Å²) in [5, 5.41) is 12.2. The Morgan fingerprint density at radius 2 is 0.852 bits per heavy atom. The van der Waals surface area contributed by atoms with Crippen molar-refractivity contribution in [2.24, 2.45) is 0 Å². The van der Waals surface area contributed by atoms with Crippen molar-refractivity contribution in [2.75, 3.05) is 4.90 Å². The summed E-state index contributed by atoms with van der Waals surface area (Å²) in [6.45, 7) is 0. The number of rotatable bonds is 5. The summed E-state index contributed by atoms with van der Waals surface area (Å²) in [6, 6.07) is 72.2. The fraction of sp³-hybridized carbons (Fsp3) is 0. The van der Waals surface area contributed by atoms with E-state index >= 15 is 0 Å². The van der Waals surface area contributed by atoms with Gasteiger partial charge in [-0.15, -0.1) is 0 Å². The lowest BCUT2D eigenvalue weighted by molar-refractivity contribution is 0.669. The molecule has 0 radical (unpaired) electrons. The number of para-hydroxylation sites is 1. The van der Waals surface area contributed by atoms with E-state index in [0.717, 1.165) is 33.6 Å². The van der Waals surface area contributed by atoms with E-state index in [9.17, 15) is 0 Å². The van der Waals surface area contributed by atoms with Crippen LogP contribution in [-0.4, -0.2) is 0 Å². The molecule has 0 atom stereocenters. The van der Waals surface area contributed by atoms with E-state index in [-0.39, 0.29) is 0 Å². The minimum atomic E-state index is 0.912. The molecule has 0 aliphatic carbocycles. The molecule has 252 valence electrons. The van der Waals surface area contributed by atoms with Gasteiger partial charge in [-0.25, -0.2) is 0 Å². The monoisotopic (exact) mass is 687 g/mol. The fourth-order valence-corrected chi connectivity index (χ4v) is 8.53. The lowest BCUT2D eigenvalue weighted by Crippen LogP contribution is -2.10. The molecule has 10 aromatic carbocycles. The van der Waals surface area contributed by atoms with E-state index in [1.54, 1.807) is 0 Å². The molecule has 11 rings (SSSR count). The summed E-state index contributed by atoms with van der Waals surface area (Å²) in [5.74, 6) is 0. The Labute approximate surface area is 312 Å². The van der Waals surface area contributed by atoms with Crippen LogP contribution in [0.2, 0.25) is 0 Å². The van der Waals surface area contributed by atoms with Crippen molar-refractivity contribution in [3.8, 4) is 22.3 Å². The molecular formula is C52H33NO. The Kier molecular flexibility index (Phi) is 6.90. The molecule has 0 bridgehead atoms. The largest absolute Gasteiger partial charge is 0.456 e. The summed E-state index contributed by atoms with van der Waals surface area (Å²) in [4.78, 5) is 2.38. The highest BCUT2D eigenvalue weighted by Gasteiger charge is 2.19. The van der Waals surface area contributed by atoms with Crippen LogP contribution in [0.4, 0.5) is 17.1 Å². The van der Waals surface area contributed by atoms with Crippen molar-refractivity contribution < 1.29 is 4.42 Å². The lowest BCUT2D eigenvalue weighted by atomic mass is 9.91. The number of nitrogens with zero attached hydrogens (tertiary/aromatic N) is 1. The maximum absolute atomic E-state index is 6.40. The van der Waals surface area contributed by atoms with Gasteiger partial charge >= 0.3 is 0 Å². The minimum Gasteiger partial charge on any atom is -0.456 e. The van der Waals surface area contributed by atoms with Crippen LogP contribution in [-0.2, 0) is 0 Å². The first kappa shape index (κ1) is 30.5. The first-order valence-electron chi connectivity index (χ1n) is 18.5. The average molecular weight is 688 g/mol. The topological polar surface area (TPSA) is 16.4 Å². The molecule has 2 nitrogen and oxygen atoms in total. The van der Waals surface area contributed by atoms with Gasteiger partial charge in [0.05, 0.1) is 0 Å². The van der Waals surface area contributed by atoms with Crippen LogP contribution in [0.1, 0.15) is 0 Å². The Bertz CT molecular complexity index is 3190. The molecule has 0 fully saturated rings. The van der Waals surface area contributed by atoms with Crippen molar-refractivity contribution in [1.82, 2.24) is 0 Å². The summed E-state index contributed by atoms with van der Waals surface area (Å²) < 4.78 is 6.40. The molecule has 2 heteroatoms. The third-order valence-electron chi connectivity index (χ3n) is 11.0. The van der Waals surface area contributed by atoms with E-state index in [1.807, 2.05) is 6.07 Å². The third-order valence-corrected chi connectivity index (χ3v) is 11.0. The van der Waals surface area contributed by atoms with Crippen molar-refractivity contribution in [3.63, 3.8) is 0 Å². The van der Waals surface area contributed by atoms with Crippen LogP contribution in [0.3, 0.4) is 0 Å². The predicted octanol–water partition coefficient (Wildman–Crippen LogP) is 15.0. The van der Waals surface area contributed by atoms with Crippen LogP contribution in [0, 0.1) is 0 Å². The van der Waals surface area contributed by atoms with E-state index in [1.165, 1.54) is 70.7 Å². The molecule has 0 saturated carbocycles. The van der Waals surface area contributed by atoms with Crippen molar-refractivity contribution >= 4 is 82.1 Å². The molecule has 1 aromatic heterocycles. The maximum atomic E-state index is 6.40. The van der Waals surface area contributed by atoms with Crippen molar-refractivity contribution in [2.45, 2.75) is 0 Å². The van der Waals surface area contributed by atoms with Gasteiger partial charge in [-0.05, 0) is 115 Å². The normalized spacial score (nSPS) is 11.7. The predicted molar refractivity (Wildman–Crippen MR) is 229 cm³/mol. The van der Waals surface area contributed by atoms with E-state index in [0.29, 0.717) is 0 Å². The number of anilines is 3. The first-order valence-corrected chi connectivity index (χ1v) is 18.5. The molecule has 0 saturated heterocycles. The average Bonchev–Trinajstić information content (AvgIpc) is 3.63. The number of benzene rings is 10. The smallest absolute Gasteiger partial charge is 0.136 e. The maximum Gasteiger partial charge on any atom is 0.136 e. The Balaban J connectivity index is 1.13. The van der Waals surface area contributed by atoms with E-state index in [4.69, 9.17) is 4.42 Å². The molecule has 0 aliphatic rings. The van der Waals surface area contributed by atoms with Crippen molar-refractivity contribution in [1.29, 1.82) is 0 Å². The highest BCUT2D eigenvalue weighted by Crippen LogP contribution is 2.45. The van der Waals surface area contributed by atoms with Gasteiger partial charge in [0.25, 0.3) is 0 Å². The highest BCUT2D eigenvalue weighted by molar-refractivity contribution is 6.34. The Hall–Kier alpha value is -7.16. The quantitative estimate of drug-likeness (QED) is 0.168. The molecule has 0 N–H and O–H groups in total. The highest BCUT2D eigenvalue weighted by atomic mass is 16.3. The molecule has 0 spiro atoms. The second-order valence-electron chi connectivity index (χ2n) is 14.1. The molecule has 0 amide bonds. The number of hydrogen-bond donors (Lipinski definition) is 0. The SMILES string of the molecule is c1ccc(-c2ccc(N(c3ccc(-c4cccc5ccccc45)cc3)c3ccc4c5ccccc5c5c(ccc6oc7ccccc7c65)c4c3)cc2)cc1. The zero-order valence-electron chi connectivity index (χ0n) is 29.4. The molecule has 0 unspecified atom stereocenters. The van der Waals surface area contributed by atoms with Gasteiger partial charge in [-0.3, -0.25) is 0 Å². The standard InChI is InChI=1S/C52H33NO/c1-2-11-34(12-3-1)35-21-25-38(26-22-35)53(39-27-23-37(24-28-39)42-19-10-14-36-13-4-5-15-41(36)42)40-29-30-44-43-16-6-7-17-45(43)51-46(48(44)33-40)31-32-50-52(51)47-18-8-9-20-49(47)54-50/h1-33H. The zero-order valence-corrected chi connectivity index (χ0v) is 29.4. The van der Waals surface area contributed by atoms with Gasteiger partial charge in [0, 0.05) is 33.2 Å². The van der Waals surface area contributed by atoms with Gasteiger partial charge in [-0.2, -0.15) is 0 Å². The van der Waals surface area contributed by atoms with Crippen LogP contribution in [0.15, 0.2) is 205 Å². The molecule has 1 heterocycles. The summed E-state index contributed by atoms with van der Waals surface area (Å²) in [5.41, 5.74) is 9.95. The van der Waals surface area contributed by atoms with Gasteiger partial charge in [0.15, 0.2) is 0 Å². The van der Waals surface area contributed by atoms with Crippen LogP contribution in [0.25, 0.3) is 87.3 Å². The van der Waals surface area contributed by atoms with Crippen LogP contribution in [0.5, 0.6) is 0 Å². The van der Waals surface area contributed by atoms with Crippen LogP contribution < -0.4 is 4.90 Å². The summed E-state index contributed by atoms with van der Waals surface area (Å²) in [7, 11) is 0. The zero-order chi connectivity index (χ0) is 35.6. The molecule has 0 aliphatic heterocycles. The molecule has 54 heavy (non-hydrogen) atoms. The third kappa shape index (κ3) is 4.81. The van der Waals surface area contributed by atoms with Gasteiger partial charge < -0.3 is 9.32 Å². The van der Waals surface area contributed by atoms with E-state index < -0.39 is 0 Å². The molecule has 11 aromatic rings. The first-order chi connectivity index (χ1) is 26.8. The lowest BCUT2D eigenvalue weighted by Gasteiger charge is -2.27. The number of furan rings is 1. The second-order valence-corrected chi connectivity index (χ2v) is 14.1. The Morgan fingerprint density at radius 3 is 1.65 bits per heavy atom. The van der Waals surface area contributed by atoms with Gasteiger partial charge in [0.2, 0.25) is 0 Å². The van der Waals surface area contributed by atoms with E-state index in [2.05, 4.69) is 199 Å². The van der Waals surface area contributed by atoms with Gasteiger partial charge in [-0.1, -0.05) is 146 Å². The summed E-state index contributed by atoms with van der Waals surface area (Å²) in [6.07, 6.45) is 0. The fourth-order valence-electron chi connectivity index (χ4n) is 8.53.